The third-order valence-electron chi connectivity index (χ3n) is 0.782. The Balaban J connectivity index is 4.04. The molecule has 9 heavy (non-hydrogen) atoms. The van der Waals surface area contributed by atoms with Crippen LogP contribution in [0.5, 0.6) is 0 Å². The first-order chi connectivity index (χ1) is 3.85. The average molecular weight is 151 g/mol. The highest BCUT2D eigenvalue weighted by molar-refractivity contribution is 6.21. The summed E-state index contributed by atoms with van der Waals surface area (Å²) in [5.41, 5.74) is 4.48. The monoisotopic (exact) mass is 150 g/mol. The van der Waals surface area contributed by atoms with E-state index >= 15 is 0 Å². The topological polar surface area (TPSA) is 46.3 Å². The van der Waals surface area contributed by atoms with E-state index in [1.165, 1.54) is 0 Å². The van der Waals surface area contributed by atoms with Gasteiger partial charge in [0.25, 0.3) is 0 Å². The summed E-state index contributed by atoms with van der Waals surface area (Å²) in [5, 5.41) is 0. The van der Waals surface area contributed by atoms with Crippen molar-refractivity contribution < 1.29 is 4.79 Å². The summed E-state index contributed by atoms with van der Waals surface area (Å²) in [6.45, 7) is 5.39. The fraction of sp³-hybridized carbons (Fsp3) is 0.800. The quantitative estimate of drug-likeness (QED) is 0.520. The van der Waals surface area contributed by atoms with Crippen molar-refractivity contribution in [1.29, 1.82) is 0 Å². The summed E-state index contributed by atoms with van der Waals surface area (Å²) in [6, 6.07) is -0.621. The molecule has 0 heterocycles. The van der Waals surface area contributed by atoms with Crippen molar-refractivity contribution in [2.24, 2.45) is 5.73 Å². The number of carbonyl (C=O) groups excluding carboxylic acids is 1. The molecule has 4 heteroatoms. The molecule has 0 aliphatic rings. The maximum atomic E-state index is 10.4. The summed E-state index contributed by atoms with van der Waals surface area (Å²) in [4.78, 5) is 10.4. The van der Waals surface area contributed by atoms with Crippen molar-refractivity contribution in [1.82, 2.24) is 4.42 Å². The van der Waals surface area contributed by atoms with E-state index in [0.29, 0.717) is 0 Å². The molecular weight excluding hydrogens is 140 g/mol. The Kier molecular flexibility index (Phi) is 2.32. The number of nitrogens with two attached hydrogens (primary N) is 1. The lowest BCUT2D eigenvalue weighted by molar-refractivity contribution is 0.208. The number of carbonyl (C=O) groups is 1. The van der Waals surface area contributed by atoms with Gasteiger partial charge in [-0.25, -0.2) is 9.21 Å². The first-order valence-electron chi connectivity index (χ1n) is 2.61. The van der Waals surface area contributed by atoms with E-state index in [0.717, 1.165) is 4.42 Å². The van der Waals surface area contributed by atoms with Crippen LogP contribution in [-0.2, 0) is 0 Å². The Morgan fingerprint density at radius 3 is 1.89 bits per heavy atom. The van der Waals surface area contributed by atoms with Crippen molar-refractivity contribution in [3.63, 3.8) is 0 Å². The molecule has 0 rings (SSSR count). The lowest BCUT2D eigenvalue weighted by atomic mass is 10.1. The van der Waals surface area contributed by atoms with Gasteiger partial charge in [0.05, 0.1) is 5.54 Å². The highest BCUT2D eigenvalue weighted by atomic mass is 35.5. The lowest BCUT2D eigenvalue weighted by Crippen LogP contribution is -2.41. The van der Waals surface area contributed by atoms with Gasteiger partial charge >= 0.3 is 6.03 Å². The zero-order valence-corrected chi connectivity index (χ0v) is 6.57. The van der Waals surface area contributed by atoms with Crippen LogP contribution in [0.3, 0.4) is 0 Å². The second kappa shape index (κ2) is 2.43. The molecule has 2 amide bonds. The summed E-state index contributed by atoms with van der Waals surface area (Å²) in [5.74, 6) is 0. The molecule has 0 atom stereocenters. The van der Waals surface area contributed by atoms with E-state index in [-0.39, 0.29) is 0 Å². The summed E-state index contributed by atoms with van der Waals surface area (Å²) >= 11 is 5.45. The van der Waals surface area contributed by atoms with Crippen LogP contribution in [0.2, 0.25) is 0 Å². The molecule has 0 aromatic carbocycles. The summed E-state index contributed by atoms with van der Waals surface area (Å²) in [7, 11) is 0. The second-order valence-corrected chi connectivity index (χ2v) is 3.13. The Morgan fingerprint density at radius 1 is 1.56 bits per heavy atom. The molecule has 0 aromatic heterocycles. The molecule has 54 valence electrons. The predicted molar refractivity (Wildman–Crippen MR) is 37.0 cm³/mol. The van der Waals surface area contributed by atoms with Gasteiger partial charge in [0, 0.05) is 11.8 Å². The Morgan fingerprint density at radius 2 is 1.89 bits per heavy atom. The van der Waals surface area contributed by atoms with Crippen LogP contribution in [0, 0.1) is 0 Å². The Labute approximate surface area is 59.9 Å². The van der Waals surface area contributed by atoms with E-state index in [4.69, 9.17) is 17.5 Å². The van der Waals surface area contributed by atoms with Gasteiger partial charge in [-0.1, -0.05) is 0 Å². The number of primary amides is 1. The number of urea groups is 1. The highest BCUT2D eigenvalue weighted by Gasteiger charge is 2.22. The molecule has 3 nitrogen and oxygen atoms in total. The Hall–Kier alpha value is -0.440. The van der Waals surface area contributed by atoms with E-state index in [1.807, 2.05) is 0 Å². The Bertz CT molecular complexity index is 119. The molecule has 0 radical (unpaired) electrons. The van der Waals surface area contributed by atoms with Gasteiger partial charge in [0.1, 0.15) is 0 Å². The van der Waals surface area contributed by atoms with E-state index in [1.54, 1.807) is 20.8 Å². The van der Waals surface area contributed by atoms with Crippen LogP contribution < -0.4 is 5.73 Å². The molecule has 0 aromatic rings. The van der Waals surface area contributed by atoms with Crippen molar-refractivity contribution in [3.8, 4) is 0 Å². The van der Waals surface area contributed by atoms with Gasteiger partial charge in [0.2, 0.25) is 0 Å². The minimum absolute atomic E-state index is 0.395. The first-order valence-corrected chi connectivity index (χ1v) is 2.95. The van der Waals surface area contributed by atoms with Crippen LogP contribution in [0.15, 0.2) is 0 Å². The zero-order chi connectivity index (χ0) is 7.65. The largest absolute Gasteiger partial charge is 0.350 e. The third-order valence-corrected chi connectivity index (χ3v) is 1.46. The number of rotatable bonds is 0. The van der Waals surface area contributed by atoms with Crippen LogP contribution in [0.1, 0.15) is 20.8 Å². The van der Waals surface area contributed by atoms with E-state index < -0.39 is 11.6 Å². The van der Waals surface area contributed by atoms with Gasteiger partial charge in [0.15, 0.2) is 0 Å². The van der Waals surface area contributed by atoms with Crippen LogP contribution >= 0.6 is 11.8 Å². The number of hydrogen-bond acceptors (Lipinski definition) is 1. The molecule has 0 aliphatic carbocycles. The normalized spacial score (nSPS) is 11.1. The lowest BCUT2D eigenvalue weighted by Gasteiger charge is -2.26. The zero-order valence-electron chi connectivity index (χ0n) is 5.81. The molecular formula is C5H11ClN2O. The van der Waals surface area contributed by atoms with Gasteiger partial charge in [-0.05, 0) is 20.8 Å². The summed E-state index contributed by atoms with van der Waals surface area (Å²) < 4.78 is 0.965. The van der Waals surface area contributed by atoms with Crippen LogP contribution in [0.4, 0.5) is 4.79 Å². The molecule has 0 fully saturated rings. The maximum absolute atomic E-state index is 10.4. The summed E-state index contributed by atoms with van der Waals surface area (Å²) in [6.07, 6.45) is 0. The van der Waals surface area contributed by atoms with Crippen LogP contribution in [0.25, 0.3) is 0 Å². The SMILES string of the molecule is CC(C)(C)N(Cl)C(N)=O. The minimum Gasteiger partial charge on any atom is -0.350 e. The van der Waals surface area contributed by atoms with Crippen molar-refractivity contribution >= 4 is 17.8 Å². The maximum Gasteiger partial charge on any atom is 0.329 e. The van der Waals surface area contributed by atoms with Crippen LogP contribution in [-0.4, -0.2) is 16.0 Å². The highest BCUT2D eigenvalue weighted by Crippen LogP contribution is 2.14. The average Bonchev–Trinajstić information content (AvgIpc) is 1.62. The molecule has 0 saturated heterocycles. The first kappa shape index (κ1) is 8.56. The van der Waals surface area contributed by atoms with Gasteiger partial charge < -0.3 is 5.73 Å². The fourth-order valence-corrected chi connectivity index (χ4v) is 0.331. The number of amides is 2. The smallest absolute Gasteiger partial charge is 0.329 e. The molecule has 0 unspecified atom stereocenters. The number of nitrogens with zero attached hydrogens (tertiary/aromatic N) is 1. The van der Waals surface area contributed by atoms with Crippen molar-refractivity contribution in [3.05, 3.63) is 0 Å². The van der Waals surface area contributed by atoms with Crippen molar-refractivity contribution in [2.45, 2.75) is 26.3 Å². The minimum atomic E-state index is -0.621. The van der Waals surface area contributed by atoms with Gasteiger partial charge in [-0.15, -0.1) is 0 Å². The molecule has 0 spiro atoms. The van der Waals surface area contributed by atoms with E-state index in [2.05, 4.69) is 0 Å². The molecule has 0 saturated carbocycles. The standard InChI is InChI=1S/C5H11ClN2O/c1-5(2,3)8(6)4(7)9/h1-3H3,(H2,7,9). The number of halogens is 1. The van der Waals surface area contributed by atoms with Gasteiger partial charge in [-0.3, -0.25) is 0 Å². The van der Waals surface area contributed by atoms with E-state index in [9.17, 15) is 4.79 Å². The molecule has 0 aliphatic heterocycles. The third kappa shape index (κ3) is 2.56. The fourth-order valence-electron chi connectivity index (χ4n) is 0.331. The second-order valence-electron chi connectivity index (χ2n) is 2.79. The van der Waals surface area contributed by atoms with Crippen molar-refractivity contribution in [2.75, 3.05) is 0 Å². The molecule has 2 N–H and O–H groups in total. The van der Waals surface area contributed by atoms with Gasteiger partial charge in [-0.2, -0.15) is 0 Å². The molecule has 0 bridgehead atoms. The number of hydrogen-bond donors (Lipinski definition) is 1. The predicted octanol–water partition coefficient (Wildman–Crippen LogP) is 1.32.